The highest BCUT2D eigenvalue weighted by Gasteiger charge is 2.06. The quantitative estimate of drug-likeness (QED) is 0.753. The van der Waals surface area contributed by atoms with Gasteiger partial charge in [-0.25, -0.2) is 0 Å². The lowest BCUT2D eigenvalue weighted by molar-refractivity contribution is -0.120. The van der Waals surface area contributed by atoms with E-state index in [1.807, 2.05) is 56.3 Å². The van der Waals surface area contributed by atoms with E-state index in [-0.39, 0.29) is 12.0 Å². The van der Waals surface area contributed by atoms with Gasteiger partial charge in [-0.1, -0.05) is 54.6 Å². The average molecular weight is 311 g/mol. The van der Waals surface area contributed by atoms with E-state index in [4.69, 9.17) is 4.74 Å². The van der Waals surface area contributed by atoms with Crippen LogP contribution in [-0.4, -0.2) is 19.1 Å². The summed E-state index contributed by atoms with van der Waals surface area (Å²) in [7, 11) is 0. The molecule has 0 fully saturated rings. The third-order valence-electron chi connectivity index (χ3n) is 3.89. The van der Waals surface area contributed by atoms with E-state index in [0.717, 1.165) is 17.5 Å². The zero-order chi connectivity index (χ0) is 16.5. The third-order valence-corrected chi connectivity index (χ3v) is 3.89. The Morgan fingerprint density at radius 3 is 2.52 bits per heavy atom. The highest BCUT2D eigenvalue weighted by molar-refractivity contribution is 5.78. The molecule has 0 bridgehead atoms. The van der Waals surface area contributed by atoms with Crippen LogP contribution in [0.4, 0.5) is 0 Å². The summed E-state index contributed by atoms with van der Waals surface area (Å²) in [6.07, 6.45) is 1.34. The molecule has 1 N–H and O–H groups in total. The molecule has 3 heteroatoms. The number of amides is 1. The highest BCUT2D eigenvalue weighted by atomic mass is 16.5. The van der Waals surface area contributed by atoms with E-state index in [0.29, 0.717) is 19.6 Å². The number of carbonyl (C=O) groups excluding carboxylic acids is 1. The summed E-state index contributed by atoms with van der Waals surface area (Å²) in [6, 6.07) is 18.1. The summed E-state index contributed by atoms with van der Waals surface area (Å²) in [4.78, 5) is 11.9. The van der Waals surface area contributed by atoms with Crippen molar-refractivity contribution >= 4 is 5.91 Å². The Bertz CT molecular complexity index is 610. The summed E-state index contributed by atoms with van der Waals surface area (Å²) < 4.78 is 5.80. The molecule has 23 heavy (non-hydrogen) atoms. The van der Waals surface area contributed by atoms with Crippen molar-refractivity contribution in [1.82, 2.24) is 5.32 Å². The highest BCUT2D eigenvalue weighted by Crippen LogP contribution is 2.15. The molecule has 1 amide bonds. The molecule has 122 valence electrons. The maximum atomic E-state index is 11.9. The molecule has 0 spiro atoms. The van der Waals surface area contributed by atoms with E-state index >= 15 is 0 Å². The lowest BCUT2D eigenvalue weighted by Gasteiger charge is -2.13. The van der Waals surface area contributed by atoms with Crippen LogP contribution in [0.25, 0.3) is 0 Å². The van der Waals surface area contributed by atoms with Crippen LogP contribution in [0.1, 0.15) is 36.1 Å². The first-order valence-electron chi connectivity index (χ1n) is 8.14. The second-order valence-corrected chi connectivity index (χ2v) is 5.73. The van der Waals surface area contributed by atoms with Crippen molar-refractivity contribution < 1.29 is 9.53 Å². The van der Waals surface area contributed by atoms with Gasteiger partial charge in [0.2, 0.25) is 5.91 Å². The van der Waals surface area contributed by atoms with Crippen LogP contribution >= 0.6 is 0 Å². The predicted octanol–water partition coefficient (Wildman–Crippen LogP) is 3.82. The lowest BCUT2D eigenvalue weighted by Crippen LogP contribution is -2.27. The third kappa shape index (κ3) is 5.87. The number of rotatable bonds is 8. The van der Waals surface area contributed by atoms with Gasteiger partial charge in [-0.2, -0.15) is 0 Å². The fourth-order valence-corrected chi connectivity index (χ4v) is 2.42. The number of hydrogen-bond acceptors (Lipinski definition) is 2. The Morgan fingerprint density at radius 2 is 1.78 bits per heavy atom. The molecule has 3 nitrogen and oxygen atoms in total. The topological polar surface area (TPSA) is 38.3 Å². The van der Waals surface area contributed by atoms with E-state index < -0.39 is 0 Å². The molecule has 0 aliphatic rings. The molecule has 1 unspecified atom stereocenters. The number of aryl methyl sites for hydroxylation is 1. The van der Waals surface area contributed by atoms with Gasteiger partial charge in [0, 0.05) is 13.2 Å². The second kappa shape index (κ2) is 9.11. The zero-order valence-corrected chi connectivity index (χ0v) is 13.9. The second-order valence-electron chi connectivity index (χ2n) is 5.73. The fourth-order valence-electron chi connectivity index (χ4n) is 2.42. The molecule has 0 saturated carbocycles. The number of carbonyl (C=O) groups is 1. The molecule has 0 heterocycles. The standard InChI is InChI=1S/C20H25NO2/c1-16-9-6-7-12-19(16)15-20(22)21-13-8-14-23-17(2)18-10-4-3-5-11-18/h3-7,9-12,17H,8,13-15H2,1-2H3,(H,21,22). The number of nitrogens with one attached hydrogen (secondary N) is 1. The van der Waals surface area contributed by atoms with Crippen LogP contribution in [-0.2, 0) is 16.0 Å². The Kier molecular flexibility index (Phi) is 6.82. The van der Waals surface area contributed by atoms with Crippen molar-refractivity contribution in [1.29, 1.82) is 0 Å². The monoisotopic (exact) mass is 311 g/mol. The minimum absolute atomic E-state index is 0.0652. The molecule has 0 aliphatic heterocycles. The molecule has 2 aromatic carbocycles. The van der Waals surface area contributed by atoms with E-state index in [2.05, 4.69) is 17.4 Å². The number of ether oxygens (including phenoxy) is 1. The Hall–Kier alpha value is -2.13. The van der Waals surface area contributed by atoms with Crippen molar-refractivity contribution in [3.8, 4) is 0 Å². The van der Waals surface area contributed by atoms with Gasteiger partial charge >= 0.3 is 0 Å². The Labute approximate surface area is 138 Å². The molecular weight excluding hydrogens is 286 g/mol. The molecular formula is C20H25NO2. The van der Waals surface area contributed by atoms with Gasteiger partial charge < -0.3 is 10.1 Å². The average Bonchev–Trinajstić information content (AvgIpc) is 2.57. The predicted molar refractivity (Wildman–Crippen MR) is 93.3 cm³/mol. The van der Waals surface area contributed by atoms with E-state index in [1.165, 1.54) is 5.56 Å². The molecule has 2 aromatic rings. The minimum atomic E-state index is 0.0652. The largest absolute Gasteiger partial charge is 0.374 e. The van der Waals surface area contributed by atoms with Crippen LogP contribution < -0.4 is 5.32 Å². The first kappa shape index (κ1) is 17.2. The van der Waals surface area contributed by atoms with Gasteiger partial charge in [0.15, 0.2) is 0 Å². The van der Waals surface area contributed by atoms with Crippen molar-refractivity contribution in [2.45, 2.75) is 32.8 Å². The van der Waals surface area contributed by atoms with Crippen LogP contribution in [0.2, 0.25) is 0 Å². The van der Waals surface area contributed by atoms with Gasteiger partial charge in [0.1, 0.15) is 0 Å². The summed E-state index contributed by atoms with van der Waals surface area (Å²) in [5.41, 5.74) is 3.41. The van der Waals surface area contributed by atoms with Gasteiger partial charge in [-0.05, 0) is 37.0 Å². The smallest absolute Gasteiger partial charge is 0.224 e. The summed E-state index contributed by atoms with van der Waals surface area (Å²) >= 11 is 0. The van der Waals surface area contributed by atoms with Gasteiger partial charge in [0.25, 0.3) is 0 Å². The van der Waals surface area contributed by atoms with E-state index in [9.17, 15) is 4.79 Å². The summed E-state index contributed by atoms with van der Waals surface area (Å²) in [5.74, 6) is 0.0652. The van der Waals surface area contributed by atoms with Gasteiger partial charge in [0.05, 0.1) is 12.5 Å². The Balaban J connectivity index is 1.62. The van der Waals surface area contributed by atoms with Crippen molar-refractivity contribution in [3.63, 3.8) is 0 Å². The molecule has 0 aliphatic carbocycles. The SMILES string of the molecule is Cc1ccccc1CC(=O)NCCCOC(C)c1ccccc1. The zero-order valence-electron chi connectivity index (χ0n) is 13.9. The van der Waals surface area contributed by atoms with Gasteiger partial charge in [-0.3, -0.25) is 4.79 Å². The van der Waals surface area contributed by atoms with Crippen molar-refractivity contribution in [2.75, 3.05) is 13.2 Å². The molecule has 0 radical (unpaired) electrons. The maximum absolute atomic E-state index is 11.9. The molecule has 2 rings (SSSR count). The molecule has 0 aromatic heterocycles. The summed E-state index contributed by atoms with van der Waals surface area (Å²) in [5, 5.41) is 2.95. The number of benzene rings is 2. The van der Waals surface area contributed by atoms with Crippen LogP contribution in [0.5, 0.6) is 0 Å². The van der Waals surface area contributed by atoms with Crippen molar-refractivity contribution in [2.24, 2.45) is 0 Å². The summed E-state index contributed by atoms with van der Waals surface area (Å²) in [6.45, 7) is 5.36. The normalized spacial score (nSPS) is 11.9. The fraction of sp³-hybridized carbons (Fsp3) is 0.350. The van der Waals surface area contributed by atoms with Crippen molar-refractivity contribution in [3.05, 3.63) is 71.3 Å². The first-order valence-corrected chi connectivity index (χ1v) is 8.14. The van der Waals surface area contributed by atoms with Crippen LogP contribution in [0, 0.1) is 6.92 Å². The van der Waals surface area contributed by atoms with E-state index in [1.54, 1.807) is 0 Å². The molecule has 1 atom stereocenters. The maximum Gasteiger partial charge on any atom is 0.224 e. The lowest BCUT2D eigenvalue weighted by atomic mass is 10.1. The van der Waals surface area contributed by atoms with Gasteiger partial charge in [-0.15, -0.1) is 0 Å². The number of hydrogen-bond donors (Lipinski definition) is 1. The minimum Gasteiger partial charge on any atom is -0.374 e. The van der Waals surface area contributed by atoms with Crippen LogP contribution in [0.15, 0.2) is 54.6 Å². The first-order chi connectivity index (χ1) is 11.2. The molecule has 0 saturated heterocycles. The Morgan fingerprint density at radius 1 is 1.09 bits per heavy atom. The van der Waals surface area contributed by atoms with Crippen LogP contribution in [0.3, 0.4) is 0 Å².